The SMILES string of the molecule is Cc1ccccc1CC(=O)NCC(N)C(C)O. The summed E-state index contributed by atoms with van der Waals surface area (Å²) in [6.07, 6.45) is -0.270. The van der Waals surface area contributed by atoms with E-state index in [4.69, 9.17) is 5.73 Å². The predicted molar refractivity (Wildman–Crippen MR) is 67.5 cm³/mol. The molecule has 0 saturated heterocycles. The minimum absolute atomic E-state index is 0.0737. The third-order valence-corrected chi connectivity index (χ3v) is 2.77. The van der Waals surface area contributed by atoms with Gasteiger partial charge in [0.15, 0.2) is 0 Å². The van der Waals surface area contributed by atoms with Crippen molar-refractivity contribution in [3.63, 3.8) is 0 Å². The maximum atomic E-state index is 11.6. The molecule has 1 aromatic carbocycles. The van der Waals surface area contributed by atoms with Gasteiger partial charge >= 0.3 is 0 Å². The number of aliphatic hydroxyl groups is 1. The van der Waals surface area contributed by atoms with Gasteiger partial charge < -0.3 is 16.2 Å². The number of carbonyl (C=O) groups is 1. The summed E-state index contributed by atoms with van der Waals surface area (Å²) in [6.45, 7) is 3.88. The van der Waals surface area contributed by atoms with Gasteiger partial charge in [-0.05, 0) is 25.0 Å². The second-order valence-corrected chi connectivity index (χ2v) is 4.31. The first-order valence-corrected chi connectivity index (χ1v) is 5.75. The molecule has 17 heavy (non-hydrogen) atoms. The van der Waals surface area contributed by atoms with Gasteiger partial charge in [-0.15, -0.1) is 0 Å². The minimum Gasteiger partial charge on any atom is -0.392 e. The van der Waals surface area contributed by atoms with Crippen LogP contribution in [0.3, 0.4) is 0 Å². The van der Waals surface area contributed by atoms with Gasteiger partial charge in [-0.2, -0.15) is 0 Å². The number of hydrogen-bond acceptors (Lipinski definition) is 3. The fourth-order valence-corrected chi connectivity index (χ4v) is 1.45. The summed E-state index contributed by atoms with van der Waals surface area (Å²) in [4.78, 5) is 11.6. The first-order chi connectivity index (χ1) is 8.00. The van der Waals surface area contributed by atoms with Crippen LogP contribution in [0.4, 0.5) is 0 Å². The molecule has 0 fully saturated rings. The van der Waals surface area contributed by atoms with Gasteiger partial charge in [0.2, 0.25) is 5.91 Å². The first-order valence-electron chi connectivity index (χ1n) is 5.75. The van der Waals surface area contributed by atoms with Crippen molar-refractivity contribution in [1.82, 2.24) is 5.32 Å². The monoisotopic (exact) mass is 236 g/mol. The van der Waals surface area contributed by atoms with Crippen LogP contribution < -0.4 is 11.1 Å². The molecule has 0 aliphatic rings. The molecule has 4 N–H and O–H groups in total. The Morgan fingerprint density at radius 1 is 1.47 bits per heavy atom. The normalized spacial score (nSPS) is 14.1. The number of aliphatic hydroxyl groups excluding tert-OH is 1. The number of carbonyl (C=O) groups excluding carboxylic acids is 1. The molecule has 0 radical (unpaired) electrons. The Morgan fingerprint density at radius 3 is 2.71 bits per heavy atom. The highest BCUT2D eigenvalue weighted by atomic mass is 16.3. The maximum Gasteiger partial charge on any atom is 0.224 e. The van der Waals surface area contributed by atoms with Crippen LogP contribution in [0.15, 0.2) is 24.3 Å². The lowest BCUT2D eigenvalue weighted by Crippen LogP contribution is -2.44. The zero-order valence-electron chi connectivity index (χ0n) is 10.3. The number of rotatable bonds is 5. The Balaban J connectivity index is 2.43. The molecule has 4 heteroatoms. The average molecular weight is 236 g/mol. The van der Waals surface area contributed by atoms with Crippen LogP contribution in [-0.2, 0) is 11.2 Å². The van der Waals surface area contributed by atoms with Crippen molar-refractivity contribution < 1.29 is 9.90 Å². The summed E-state index contributed by atoms with van der Waals surface area (Å²) in [6, 6.07) is 7.35. The summed E-state index contributed by atoms with van der Waals surface area (Å²) in [7, 11) is 0. The number of nitrogens with one attached hydrogen (secondary N) is 1. The Bertz CT molecular complexity index is 377. The van der Waals surface area contributed by atoms with E-state index < -0.39 is 12.1 Å². The van der Waals surface area contributed by atoms with Crippen molar-refractivity contribution in [2.75, 3.05) is 6.54 Å². The zero-order valence-corrected chi connectivity index (χ0v) is 10.3. The van der Waals surface area contributed by atoms with E-state index in [0.29, 0.717) is 13.0 Å². The molecule has 0 aromatic heterocycles. The third-order valence-electron chi connectivity index (χ3n) is 2.77. The van der Waals surface area contributed by atoms with E-state index in [9.17, 15) is 9.90 Å². The van der Waals surface area contributed by atoms with Gasteiger partial charge in [0, 0.05) is 12.6 Å². The predicted octanol–water partition coefficient (Wildman–Crippen LogP) is 0.362. The van der Waals surface area contributed by atoms with Crippen LogP contribution in [0.25, 0.3) is 0 Å². The summed E-state index contributed by atoms with van der Waals surface area (Å²) in [5.41, 5.74) is 7.73. The summed E-state index contributed by atoms with van der Waals surface area (Å²) in [5, 5.41) is 11.9. The maximum absolute atomic E-state index is 11.6. The molecule has 2 atom stereocenters. The fraction of sp³-hybridized carbons (Fsp3) is 0.462. The van der Waals surface area contributed by atoms with E-state index in [0.717, 1.165) is 11.1 Å². The fourth-order valence-electron chi connectivity index (χ4n) is 1.45. The highest BCUT2D eigenvalue weighted by molar-refractivity contribution is 5.78. The van der Waals surface area contributed by atoms with Gasteiger partial charge in [-0.3, -0.25) is 4.79 Å². The van der Waals surface area contributed by atoms with Crippen LogP contribution in [0, 0.1) is 6.92 Å². The number of benzene rings is 1. The van der Waals surface area contributed by atoms with Crippen molar-refractivity contribution >= 4 is 5.91 Å². The number of hydrogen-bond donors (Lipinski definition) is 3. The van der Waals surface area contributed by atoms with Crippen LogP contribution >= 0.6 is 0 Å². The van der Waals surface area contributed by atoms with Crippen LogP contribution in [0.1, 0.15) is 18.1 Å². The Labute approximate surface area is 102 Å². The molecule has 1 rings (SSSR count). The van der Waals surface area contributed by atoms with Gasteiger partial charge in [-0.25, -0.2) is 0 Å². The number of nitrogens with two attached hydrogens (primary N) is 1. The van der Waals surface area contributed by atoms with Gasteiger partial charge in [0.1, 0.15) is 0 Å². The third kappa shape index (κ3) is 4.54. The molecule has 0 aliphatic heterocycles. The van der Waals surface area contributed by atoms with E-state index in [1.165, 1.54) is 0 Å². The summed E-state index contributed by atoms with van der Waals surface area (Å²) < 4.78 is 0. The van der Waals surface area contributed by atoms with E-state index in [1.54, 1.807) is 6.92 Å². The molecular weight excluding hydrogens is 216 g/mol. The quantitative estimate of drug-likeness (QED) is 0.691. The Kier molecular flexibility index (Phi) is 5.12. The Hall–Kier alpha value is -1.39. The first kappa shape index (κ1) is 13.7. The van der Waals surface area contributed by atoms with Gasteiger partial charge in [-0.1, -0.05) is 24.3 Å². The molecule has 0 aliphatic carbocycles. The average Bonchev–Trinajstić information content (AvgIpc) is 2.29. The van der Waals surface area contributed by atoms with E-state index >= 15 is 0 Å². The molecule has 1 amide bonds. The molecule has 0 heterocycles. The molecule has 94 valence electrons. The summed E-state index contributed by atoms with van der Waals surface area (Å²) >= 11 is 0. The molecule has 0 bridgehead atoms. The Morgan fingerprint density at radius 2 is 2.12 bits per heavy atom. The van der Waals surface area contributed by atoms with Crippen molar-refractivity contribution in [2.24, 2.45) is 5.73 Å². The van der Waals surface area contributed by atoms with Crippen LogP contribution in [-0.4, -0.2) is 29.7 Å². The zero-order chi connectivity index (χ0) is 12.8. The standard InChI is InChI=1S/C13H20N2O2/c1-9-5-3-4-6-11(9)7-13(17)15-8-12(14)10(2)16/h3-6,10,12,16H,7-8,14H2,1-2H3,(H,15,17). The molecule has 1 aromatic rings. The van der Waals surface area contributed by atoms with Crippen molar-refractivity contribution in [1.29, 1.82) is 0 Å². The van der Waals surface area contributed by atoms with Crippen LogP contribution in [0.5, 0.6) is 0 Å². The largest absolute Gasteiger partial charge is 0.392 e. The molecule has 0 spiro atoms. The van der Waals surface area contributed by atoms with Crippen molar-refractivity contribution in [2.45, 2.75) is 32.4 Å². The number of aryl methyl sites for hydroxylation is 1. The molecular formula is C13H20N2O2. The van der Waals surface area contributed by atoms with Crippen molar-refractivity contribution in [3.8, 4) is 0 Å². The lowest BCUT2D eigenvalue weighted by Gasteiger charge is -2.15. The van der Waals surface area contributed by atoms with Crippen molar-refractivity contribution in [3.05, 3.63) is 35.4 Å². The number of amides is 1. The second kappa shape index (κ2) is 6.37. The highest BCUT2D eigenvalue weighted by Gasteiger charge is 2.11. The lowest BCUT2D eigenvalue weighted by molar-refractivity contribution is -0.120. The molecule has 2 unspecified atom stereocenters. The van der Waals surface area contributed by atoms with Gasteiger partial charge in [0.05, 0.1) is 12.5 Å². The smallest absolute Gasteiger partial charge is 0.224 e. The topological polar surface area (TPSA) is 75.4 Å². The lowest BCUT2D eigenvalue weighted by atomic mass is 10.1. The van der Waals surface area contributed by atoms with E-state index in [1.807, 2.05) is 31.2 Å². The minimum atomic E-state index is -0.617. The van der Waals surface area contributed by atoms with E-state index in [-0.39, 0.29) is 5.91 Å². The summed E-state index contributed by atoms with van der Waals surface area (Å²) in [5.74, 6) is -0.0737. The van der Waals surface area contributed by atoms with Gasteiger partial charge in [0.25, 0.3) is 0 Å². The highest BCUT2D eigenvalue weighted by Crippen LogP contribution is 2.07. The molecule has 0 saturated carbocycles. The molecule has 4 nitrogen and oxygen atoms in total. The van der Waals surface area contributed by atoms with Crippen LogP contribution in [0.2, 0.25) is 0 Å². The second-order valence-electron chi connectivity index (χ2n) is 4.31. The van der Waals surface area contributed by atoms with E-state index in [2.05, 4.69) is 5.32 Å².